The first-order chi connectivity index (χ1) is 27.2. The average Bonchev–Trinajstić information content (AvgIpc) is 3.43. The molecule has 0 radical (unpaired) electrons. The molecule has 1 aromatic carbocycles. The third kappa shape index (κ3) is 17.4. The Kier molecular flexibility index (Phi) is 24.4. The molecule has 7 heteroatoms. The van der Waals surface area contributed by atoms with E-state index < -0.39 is 12.1 Å². The molecule has 56 heavy (non-hydrogen) atoms. The van der Waals surface area contributed by atoms with Crippen molar-refractivity contribution in [2.75, 3.05) is 6.61 Å². The molecule has 3 N–H and O–H groups in total. The predicted molar refractivity (Wildman–Crippen MR) is 233 cm³/mol. The standard InChI is InChI=1S/C49H79ClO6/c1-3-5-6-7-8-9-10-11-12-13-14-15-16-19-27-39-28-24-32-43(48(54)55)40(39)29-22-23-37-56-47(53)34-21-18-17-20-30-41-42(45(51)38-44(41)50)31-25-33-46(52)49(4-2)35-26-36-49/h17,20,24-25,28,31-32,41-42,44-46,51-52H,3-16,18-19,21-23,26-27,29-30,33-38H2,1-2H3,(H,54,55)/t41-,42-,44-,45-,46+/m1/s1. The summed E-state index contributed by atoms with van der Waals surface area (Å²) in [5.41, 5.74) is 2.57. The van der Waals surface area contributed by atoms with Crippen LogP contribution in [0.4, 0.5) is 0 Å². The van der Waals surface area contributed by atoms with Crippen LogP contribution in [0.5, 0.6) is 0 Å². The van der Waals surface area contributed by atoms with E-state index in [-0.39, 0.29) is 34.7 Å². The highest BCUT2D eigenvalue weighted by Gasteiger charge is 2.42. The maximum Gasteiger partial charge on any atom is 0.335 e. The van der Waals surface area contributed by atoms with Crippen LogP contribution in [0.15, 0.2) is 42.5 Å². The summed E-state index contributed by atoms with van der Waals surface area (Å²) in [5.74, 6) is -0.931. The number of carbonyl (C=O) groups is 2. The van der Waals surface area contributed by atoms with Gasteiger partial charge in [-0.05, 0) is 112 Å². The summed E-state index contributed by atoms with van der Waals surface area (Å²) in [5, 5.41) is 31.2. The van der Waals surface area contributed by atoms with Gasteiger partial charge in [-0.25, -0.2) is 4.79 Å². The van der Waals surface area contributed by atoms with Crippen LogP contribution >= 0.6 is 11.6 Å². The number of esters is 1. The SMILES string of the molecule is CCCCCCCCCCCCCCCCc1cccc(C(=O)O)c1CCCCOC(=O)CCCC=CC[C@@H]1[C@@H](C=CC[C@H](O)C2(CC)CCC2)[C@H](O)C[C@H]1Cl. The van der Waals surface area contributed by atoms with E-state index in [0.29, 0.717) is 50.7 Å². The van der Waals surface area contributed by atoms with Gasteiger partial charge in [-0.3, -0.25) is 4.79 Å². The zero-order valence-corrected chi connectivity index (χ0v) is 36.1. The van der Waals surface area contributed by atoms with E-state index in [1.807, 2.05) is 6.07 Å². The van der Waals surface area contributed by atoms with E-state index >= 15 is 0 Å². The molecular weight excluding hydrogens is 720 g/mol. The molecule has 0 bridgehead atoms. The average molecular weight is 800 g/mol. The Labute approximate surface area is 346 Å². The van der Waals surface area contributed by atoms with Gasteiger partial charge in [-0.2, -0.15) is 0 Å². The molecule has 318 valence electrons. The highest BCUT2D eigenvalue weighted by atomic mass is 35.5. The number of alkyl halides is 1. The minimum Gasteiger partial charge on any atom is -0.478 e. The third-order valence-electron chi connectivity index (χ3n) is 13.1. The van der Waals surface area contributed by atoms with Crippen LogP contribution in [0, 0.1) is 17.3 Å². The maximum atomic E-state index is 12.4. The van der Waals surface area contributed by atoms with Crippen molar-refractivity contribution in [3.05, 3.63) is 59.2 Å². The van der Waals surface area contributed by atoms with Crippen molar-refractivity contribution in [3.8, 4) is 0 Å². The lowest BCUT2D eigenvalue weighted by Crippen LogP contribution is -2.40. The fraction of sp³-hybridized carbons (Fsp3) is 0.755. The van der Waals surface area contributed by atoms with E-state index in [1.54, 1.807) is 6.07 Å². The first kappa shape index (κ1) is 48.2. The van der Waals surface area contributed by atoms with E-state index in [9.17, 15) is 24.9 Å². The molecule has 0 aliphatic heterocycles. The summed E-state index contributed by atoms with van der Waals surface area (Å²) in [6, 6.07) is 5.67. The second kappa shape index (κ2) is 28.3. The molecule has 2 aliphatic carbocycles. The number of carboxylic acid groups (broad SMARTS) is 1. The van der Waals surface area contributed by atoms with Gasteiger partial charge >= 0.3 is 11.9 Å². The van der Waals surface area contributed by atoms with Crippen molar-refractivity contribution >= 4 is 23.5 Å². The van der Waals surface area contributed by atoms with Crippen LogP contribution in [-0.2, 0) is 22.4 Å². The fourth-order valence-electron chi connectivity index (χ4n) is 9.10. The molecule has 3 rings (SSSR count). The zero-order chi connectivity index (χ0) is 40.4. The lowest BCUT2D eigenvalue weighted by Gasteiger charge is -2.45. The highest BCUT2D eigenvalue weighted by molar-refractivity contribution is 6.21. The van der Waals surface area contributed by atoms with Gasteiger partial charge in [0.05, 0.1) is 24.4 Å². The van der Waals surface area contributed by atoms with Gasteiger partial charge in [0, 0.05) is 17.7 Å². The van der Waals surface area contributed by atoms with Crippen molar-refractivity contribution < 1.29 is 29.6 Å². The number of rotatable bonds is 32. The predicted octanol–water partition coefficient (Wildman–Crippen LogP) is 12.9. The van der Waals surface area contributed by atoms with Crippen LogP contribution in [-0.4, -0.2) is 51.5 Å². The lowest BCUT2D eigenvalue weighted by molar-refractivity contribution is -0.143. The second-order valence-corrected chi connectivity index (χ2v) is 17.7. The Morgan fingerprint density at radius 3 is 2.11 bits per heavy atom. The largest absolute Gasteiger partial charge is 0.478 e. The highest BCUT2D eigenvalue weighted by Crippen LogP contribution is 2.48. The number of unbranched alkanes of at least 4 members (excludes halogenated alkanes) is 15. The normalized spacial score (nSPS) is 21.2. The van der Waals surface area contributed by atoms with Gasteiger partial charge in [-0.15, -0.1) is 11.6 Å². The summed E-state index contributed by atoms with van der Waals surface area (Å²) < 4.78 is 5.52. The van der Waals surface area contributed by atoms with E-state index in [1.165, 1.54) is 89.9 Å². The molecule has 0 unspecified atom stereocenters. The molecule has 0 aromatic heterocycles. The lowest BCUT2D eigenvalue weighted by atomic mass is 9.63. The maximum absolute atomic E-state index is 12.4. The summed E-state index contributed by atoms with van der Waals surface area (Å²) >= 11 is 6.65. The number of carbonyl (C=O) groups excluding carboxylic acids is 1. The molecule has 0 heterocycles. The zero-order valence-electron chi connectivity index (χ0n) is 35.4. The number of hydrogen-bond donors (Lipinski definition) is 3. The van der Waals surface area contributed by atoms with Gasteiger partial charge in [0.2, 0.25) is 0 Å². The van der Waals surface area contributed by atoms with Crippen LogP contribution in [0.2, 0.25) is 0 Å². The van der Waals surface area contributed by atoms with Crippen molar-refractivity contribution in [1.29, 1.82) is 0 Å². The Morgan fingerprint density at radius 1 is 0.857 bits per heavy atom. The monoisotopic (exact) mass is 799 g/mol. The summed E-state index contributed by atoms with van der Waals surface area (Å²) in [7, 11) is 0. The van der Waals surface area contributed by atoms with Crippen LogP contribution in [0.25, 0.3) is 0 Å². The topological polar surface area (TPSA) is 104 Å². The van der Waals surface area contributed by atoms with Gasteiger partial charge in [0.25, 0.3) is 0 Å². The molecule has 0 amide bonds. The Bertz CT molecular complexity index is 1280. The van der Waals surface area contributed by atoms with Crippen LogP contribution in [0.3, 0.4) is 0 Å². The van der Waals surface area contributed by atoms with E-state index in [2.05, 4.69) is 44.2 Å². The molecule has 0 spiro atoms. The van der Waals surface area contributed by atoms with Gasteiger partial charge < -0.3 is 20.1 Å². The summed E-state index contributed by atoms with van der Waals surface area (Å²) in [4.78, 5) is 24.4. The first-order valence-electron chi connectivity index (χ1n) is 23.0. The number of benzene rings is 1. The smallest absolute Gasteiger partial charge is 0.335 e. The van der Waals surface area contributed by atoms with Crippen LogP contribution < -0.4 is 0 Å². The number of aliphatic hydroxyl groups is 2. The Balaban J connectivity index is 1.26. The number of aryl methyl sites for hydroxylation is 1. The number of halogens is 1. The summed E-state index contributed by atoms with van der Waals surface area (Å²) in [6.07, 6.45) is 37.4. The number of ether oxygens (including phenoxy) is 1. The molecule has 1 aromatic rings. The number of hydrogen-bond acceptors (Lipinski definition) is 5. The van der Waals surface area contributed by atoms with E-state index in [0.717, 1.165) is 62.5 Å². The molecule has 5 atom stereocenters. The number of aromatic carboxylic acids is 1. The minimum absolute atomic E-state index is 0.0126. The van der Waals surface area contributed by atoms with Crippen LogP contribution in [0.1, 0.15) is 202 Å². The Morgan fingerprint density at radius 2 is 1.50 bits per heavy atom. The van der Waals surface area contributed by atoms with Crippen molar-refractivity contribution in [2.24, 2.45) is 17.3 Å². The number of allylic oxidation sites excluding steroid dienone is 2. The molecule has 0 saturated heterocycles. The quantitative estimate of drug-likeness (QED) is 0.0290. The van der Waals surface area contributed by atoms with Gasteiger partial charge in [-0.1, -0.05) is 140 Å². The summed E-state index contributed by atoms with van der Waals surface area (Å²) in [6.45, 7) is 4.79. The molecular formula is C49H79ClO6. The molecule has 2 aliphatic rings. The Hall–Kier alpha value is -2.15. The number of carboxylic acids is 1. The molecule has 2 fully saturated rings. The minimum atomic E-state index is -0.872. The van der Waals surface area contributed by atoms with Gasteiger partial charge in [0.15, 0.2) is 0 Å². The fourth-order valence-corrected chi connectivity index (χ4v) is 9.56. The van der Waals surface area contributed by atoms with E-state index in [4.69, 9.17) is 16.3 Å². The molecule has 6 nitrogen and oxygen atoms in total. The van der Waals surface area contributed by atoms with Gasteiger partial charge in [0.1, 0.15) is 0 Å². The third-order valence-corrected chi connectivity index (χ3v) is 13.6. The molecule has 2 saturated carbocycles. The second-order valence-electron chi connectivity index (χ2n) is 17.2. The van der Waals surface area contributed by atoms with Crippen molar-refractivity contribution in [2.45, 2.75) is 211 Å². The first-order valence-corrected chi connectivity index (χ1v) is 23.5. The van der Waals surface area contributed by atoms with Crippen molar-refractivity contribution in [3.63, 3.8) is 0 Å². The van der Waals surface area contributed by atoms with Crippen molar-refractivity contribution in [1.82, 2.24) is 0 Å². The number of aliphatic hydroxyl groups excluding tert-OH is 2.